The molecule has 1 N–H and O–H groups in total. The Morgan fingerprint density at radius 2 is 1.65 bits per heavy atom. The molecule has 0 aliphatic rings. The third-order valence-corrected chi connectivity index (χ3v) is 2.38. The van der Waals surface area contributed by atoms with Gasteiger partial charge in [-0.1, -0.05) is 30.3 Å². The lowest BCUT2D eigenvalue weighted by Crippen LogP contribution is -2.13. The van der Waals surface area contributed by atoms with Crippen molar-refractivity contribution in [3.8, 4) is 0 Å². The Morgan fingerprint density at radius 1 is 1.00 bits per heavy atom. The molecular formula is C14H13FN2. The highest BCUT2D eigenvalue weighted by Gasteiger charge is 2.02. The molecule has 2 aromatic rings. The van der Waals surface area contributed by atoms with Gasteiger partial charge in [-0.25, -0.2) is 4.39 Å². The highest BCUT2D eigenvalue weighted by Crippen LogP contribution is 2.10. The second-order valence-corrected chi connectivity index (χ2v) is 3.57. The zero-order valence-electron chi connectivity index (χ0n) is 9.52. The third-order valence-electron chi connectivity index (χ3n) is 2.38. The van der Waals surface area contributed by atoms with E-state index in [2.05, 4.69) is 10.3 Å². The molecule has 0 atom stereocenters. The number of hydrogen-bond acceptors (Lipinski definition) is 1. The monoisotopic (exact) mass is 228 g/mol. The van der Waals surface area contributed by atoms with Crippen molar-refractivity contribution >= 4 is 11.5 Å². The summed E-state index contributed by atoms with van der Waals surface area (Å²) in [5.41, 5.74) is 1.81. The Balaban J connectivity index is 2.19. The van der Waals surface area contributed by atoms with Crippen LogP contribution in [0.25, 0.3) is 0 Å². The van der Waals surface area contributed by atoms with Crippen LogP contribution in [-0.4, -0.2) is 12.9 Å². The van der Waals surface area contributed by atoms with Crippen LogP contribution in [0.5, 0.6) is 0 Å². The summed E-state index contributed by atoms with van der Waals surface area (Å²) in [6, 6.07) is 16.0. The van der Waals surface area contributed by atoms with Gasteiger partial charge >= 0.3 is 0 Å². The molecule has 0 aliphatic heterocycles. The van der Waals surface area contributed by atoms with Crippen LogP contribution in [0.1, 0.15) is 5.56 Å². The Hall–Kier alpha value is -2.16. The average molecular weight is 228 g/mol. The normalized spacial score (nSPS) is 11.3. The van der Waals surface area contributed by atoms with E-state index < -0.39 is 0 Å². The number of nitrogens with zero attached hydrogens (tertiary/aromatic N) is 1. The molecule has 3 heteroatoms. The summed E-state index contributed by atoms with van der Waals surface area (Å²) < 4.78 is 12.8. The first-order chi connectivity index (χ1) is 8.29. The van der Waals surface area contributed by atoms with E-state index >= 15 is 0 Å². The number of amidine groups is 1. The summed E-state index contributed by atoms with van der Waals surface area (Å²) in [5.74, 6) is 0.516. The van der Waals surface area contributed by atoms with Gasteiger partial charge in [0.15, 0.2) is 0 Å². The van der Waals surface area contributed by atoms with Gasteiger partial charge in [0.1, 0.15) is 11.7 Å². The van der Waals surface area contributed by atoms with Gasteiger partial charge in [-0.3, -0.25) is 4.99 Å². The van der Waals surface area contributed by atoms with Crippen LogP contribution < -0.4 is 5.32 Å². The molecule has 0 spiro atoms. The van der Waals surface area contributed by atoms with Crippen LogP contribution in [0.2, 0.25) is 0 Å². The molecule has 0 radical (unpaired) electrons. The van der Waals surface area contributed by atoms with Gasteiger partial charge in [-0.05, 0) is 24.3 Å². The van der Waals surface area contributed by atoms with Crippen molar-refractivity contribution in [1.82, 2.24) is 0 Å². The topological polar surface area (TPSA) is 24.4 Å². The maximum atomic E-state index is 12.8. The molecule has 0 amide bonds. The first-order valence-corrected chi connectivity index (χ1v) is 5.34. The molecular weight excluding hydrogens is 215 g/mol. The van der Waals surface area contributed by atoms with E-state index in [1.807, 2.05) is 30.3 Å². The van der Waals surface area contributed by atoms with Crippen LogP contribution in [0.3, 0.4) is 0 Å². The van der Waals surface area contributed by atoms with Crippen molar-refractivity contribution in [2.45, 2.75) is 0 Å². The smallest absolute Gasteiger partial charge is 0.132 e. The lowest BCUT2D eigenvalue weighted by atomic mass is 10.2. The quantitative estimate of drug-likeness (QED) is 0.619. The molecule has 0 fully saturated rings. The largest absolute Gasteiger partial charge is 0.340 e. The van der Waals surface area contributed by atoms with Gasteiger partial charge in [0.25, 0.3) is 0 Å². The number of hydrogen-bond donors (Lipinski definition) is 1. The Labute approximate surface area is 99.8 Å². The van der Waals surface area contributed by atoms with Gasteiger partial charge in [0.2, 0.25) is 0 Å². The van der Waals surface area contributed by atoms with Crippen molar-refractivity contribution in [3.05, 3.63) is 66.0 Å². The molecule has 2 rings (SSSR count). The Morgan fingerprint density at radius 3 is 2.24 bits per heavy atom. The van der Waals surface area contributed by atoms with Crippen LogP contribution in [0, 0.1) is 5.82 Å². The zero-order chi connectivity index (χ0) is 12.1. The van der Waals surface area contributed by atoms with E-state index in [1.165, 1.54) is 12.1 Å². The zero-order valence-corrected chi connectivity index (χ0v) is 9.52. The number of nitrogens with one attached hydrogen (secondary N) is 1. The fraction of sp³-hybridized carbons (Fsp3) is 0.0714. The summed E-state index contributed by atoms with van der Waals surface area (Å²) in [7, 11) is 1.72. The Bertz CT molecular complexity index is 504. The second kappa shape index (κ2) is 5.25. The predicted octanol–water partition coefficient (Wildman–Crippen LogP) is 3.31. The number of halogens is 1. The number of anilines is 1. The van der Waals surface area contributed by atoms with E-state index in [-0.39, 0.29) is 5.82 Å². The molecule has 0 unspecified atom stereocenters. The predicted molar refractivity (Wildman–Crippen MR) is 68.9 cm³/mol. The van der Waals surface area contributed by atoms with E-state index in [0.29, 0.717) is 0 Å². The summed E-state index contributed by atoms with van der Waals surface area (Å²) >= 11 is 0. The number of rotatable bonds is 2. The summed E-state index contributed by atoms with van der Waals surface area (Å²) in [6.45, 7) is 0. The van der Waals surface area contributed by atoms with Gasteiger partial charge in [-0.15, -0.1) is 0 Å². The van der Waals surface area contributed by atoms with Crippen LogP contribution in [-0.2, 0) is 0 Å². The molecule has 0 saturated heterocycles. The molecule has 0 heterocycles. The van der Waals surface area contributed by atoms with E-state index in [1.54, 1.807) is 19.2 Å². The van der Waals surface area contributed by atoms with Crippen molar-refractivity contribution in [2.75, 3.05) is 12.4 Å². The maximum absolute atomic E-state index is 12.8. The van der Waals surface area contributed by atoms with Gasteiger partial charge in [0, 0.05) is 18.3 Å². The highest BCUT2D eigenvalue weighted by atomic mass is 19.1. The minimum atomic E-state index is -0.245. The summed E-state index contributed by atoms with van der Waals surface area (Å²) in [5, 5.41) is 3.16. The van der Waals surface area contributed by atoms with Crippen LogP contribution in [0.15, 0.2) is 59.6 Å². The lowest BCUT2D eigenvalue weighted by molar-refractivity contribution is 0.628. The second-order valence-electron chi connectivity index (χ2n) is 3.57. The average Bonchev–Trinajstić information content (AvgIpc) is 2.39. The van der Waals surface area contributed by atoms with Gasteiger partial charge in [-0.2, -0.15) is 0 Å². The lowest BCUT2D eigenvalue weighted by Gasteiger charge is -2.09. The number of aliphatic imine (C=N–C) groups is 1. The number of benzene rings is 2. The van der Waals surface area contributed by atoms with Crippen molar-refractivity contribution in [2.24, 2.45) is 4.99 Å². The molecule has 0 bridgehead atoms. The van der Waals surface area contributed by atoms with Crippen LogP contribution in [0.4, 0.5) is 10.1 Å². The standard InChI is InChI=1S/C14H13FN2/c1-16-14(11-5-3-2-4-6-11)17-13-9-7-12(15)8-10-13/h2-10H,1H3,(H,16,17). The van der Waals surface area contributed by atoms with Gasteiger partial charge in [0.05, 0.1) is 0 Å². The van der Waals surface area contributed by atoms with E-state index in [0.717, 1.165) is 17.1 Å². The first kappa shape index (κ1) is 11.3. The molecule has 86 valence electrons. The third kappa shape index (κ3) is 2.91. The van der Waals surface area contributed by atoms with E-state index in [9.17, 15) is 4.39 Å². The molecule has 2 nitrogen and oxygen atoms in total. The van der Waals surface area contributed by atoms with Crippen LogP contribution >= 0.6 is 0 Å². The molecule has 0 aliphatic carbocycles. The van der Waals surface area contributed by atoms with Gasteiger partial charge < -0.3 is 5.32 Å². The SMILES string of the molecule is CN=C(Nc1ccc(F)cc1)c1ccccc1. The molecule has 17 heavy (non-hydrogen) atoms. The summed E-state index contributed by atoms with van der Waals surface area (Å²) in [6.07, 6.45) is 0. The minimum Gasteiger partial charge on any atom is -0.340 e. The van der Waals surface area contributed by atoms with Crippen molar-refractivity contribution in [3.63, 3.8) is 0 Å². The van der Waals surface area contributed by atoms with Crippen molar-refractivity contribution in [1.29, 1.82) is 0 Å². The first-order valence-electron chi connectivity index (χ1n) is 5.34. The molecule has 0 aromatic heterocycles. The molecule has 0 saturated carbocycles. The fourth-order valence-electron chi connectivity index (χ4n) is 1.52. The maximum Gasteiger partial charge on any atom is 0.132 e. The van der Waals surface area contributed by atoms with E-state index in [4.69, 9.17) is 0 Å². The highest BCUT2D eigenvalue weighted by molar-refractivity contribution is 6.08. The Kier molecular flexibility index (Phi) is 3.50. The molecule has 2 aromatic carbocycles. The van der Waals surface area contributed by atoms with Crippen molar-refractivity contribution < 1.29 is 4.39 Å². The minimum absolute atomic E-state index is 0.245. The summed E-state index contributed by atoms with van der Waals surface area (Å²) in [4.78, 5) is 4.19. The fourth-order valence-corrected chi connectivity index (χ4v) is 1.52.